The van der Waals surface area contributed by atoms with Crippen LogP contribution in [-0.2, 0) is 0 Å². The highest BCUT2D eigenvalue weighted by Crippen LogP contribution is 2.46. The number of hydrogen-bond donors (Lipinski definition) is 2. The predicted molar refractivity (Wildman–Crippen MR) is 117 cm³/mol. The van der Waals surface area contributed by atoms with Crippen molar-refractivity contribution in [1.29, 1.82) is 0 Å². The summed E-state index contributed by atoms with van der Waals surface area (Å²) in [7, 11) is 0. The van der Waals surface area contributed by atoms with Gasteiger partial charge in [0.05, 0.1) is 0 Å². The molecule has 5 rings (SSSR count). The van der Waals surface area contributed by atoms with E-state index in [1.165, 1.54) is 31.6 Å². The Morgan fingerprint density at radius 1 is 0.966 bits per heavy atom. The number of rotatable bonds is 6. The molecule has 1 unspecified atom stereocenters. The number of nitrogens with zero attached hydrogens (tertiary/aromatic N) is 2. The van der Waals surface area contributed by atoms with Crippen molar-refractivity contribution in [1.82, 2.24) is 10.2 Å². The number of benzene rings is 2. The molecule has 3 aliphatic rings. The van der Waals surface area contributed by atoms with Crippen LogP contribution >= 0.6 is 0 Å². The highest BCUT2D eigenvalue weighted by atomic mass is 16.2. The third kappa shape index (κ3) is 4.10. The molecule has 1 saturated carbocycles. The van der Waals surface area contributed by atoms with E-state index >= 15 is 0 Å². The zero-order valence-corrected chi connectivity index (χ0v) is 16.9. The standard InChI is InChI=1S/C24H30N4O/c29-23(26-21-7-3-1-4-8-21)25-13-20-15-27(14-19-11-12-19)16-24(20)17-28(18-24)22-9-5-2-6-10-22/h1-10,19-20H,11-18H2,(H2,25,26,29). The van der Waals surface area contributed by atoms with Crippen LogP contribution in [0.3, 0.4) is 0 Å². The minimum Gasteiger partial charge on any atom is -0.370 e. The molecule has 152 valence electrons. The Kier molecular flexibility index (Phi) is 4.92. The van der Waals surface area contributed by atoms with Crippen molar-refractivity contribution >= 4 is 17.4 Å². The first-order chi connectivity index (χ1) is 14.2. The fraction of sp³-hybridized carbons (Fsp3) is 0.458. The highest BCUT2D eigenvalue weighted by molar-refractivity contribution is 5.89. The van der Waals surface area contributed by atoms with E-state index in [9.17, 15) is 4.79 Å². The fourth-order valence-corrected chi connectivity index (χ4v) is 5.04. The molecule has 5 nitrogen and oxygen atoms in total. The summed E-state index contributed by atoms with van der Waals surface area (Å²) in [6, 6.07) is 20.2. The molecule has 2 aliphatic heterocycles. The van der Waals surface area contributed by atoms with Crippen LogP contribution in [0.4, 0.5) is 16.2 Å². The molecular weight excluding hydrogens is 360 g/mol. The second-order valence-corrected chi connectivity index (χ2v) is 9.09. The van der Waals surface area contributed by atoms with Crippen LogP contribution in [0.1, 0.15) is 12.8 Å². The third-order valence-corrected chi connectivity index (χ3v) is 6.77. The number of hydrogen-bond acceptors (Lipinski definition) is 3. The van der Waals surface area contributed by atoms with Crippen LogP contribution in [0.25, 0.3) is 0 Å². The maximum atomic E-state index is 12.4. The summed E-state index contributed by atoms with van der Waals surface area (Å²) in [5.74, 6) is 1.41. The van der Waals surface area contributed by atoms with Crippen molar-refractivity contribution in [2.45, 2.75) is 12.8 Å². The molecule has 1 atom stereocenters. The summed E-state index contributed by atoms with van der Waals surface area (Å²) < 4.78 is 0. The van der Waals surface area contributed by atoms with Gasteiger partial charge >= 0.3 is 6.03 Å². The second-order valence-electron chi connectivity index (χ2n) is 9.09. The SMILES string of the molecule is O=C(NCC1CN(CC2CC2)CC12CN(c1ccccc1)C2)Nc1ccccc1. The number of urea groups is 1. The predicted octanol–water partition coefficient (Wildman–Crippen LogP) is 3.66. The van der Waals surface area contributed by atoms with Gasteiger partial charge in [0.1, 0.15) is 0 Å². The van der Waals surface area contributed by atoms with Gasteiger partial charge in [0.2, 0.25) is 0 Å². The molecular formula is C24H30N4O. The molecule has 2 heterocycles. The van der Waals surface area contributed by atoms with Crippen molar-refractivity contribution < 1.29 is 4.79 Å². The van der Waals surface area contributed by atoms with E-state index in [4.69, 9.17) is 0 Å². The molecule has 3 fully saturated rings. The van der Waals surface area contributed by atoms with E-state index in [2.05, 4.69) is 50.8 Å². The van der Waals surface area contributed by atoms with E-state index in [1.807, 2.05) is 30.3 Å². The van der Waals surface area contributed by atoms with Gasteiger partial charge in [-0.1, -0.05) is 36.4 Å². The van der Waals surface area contributed by atoms with Crippen LogP contribution in [0.5, 0.6) is 0 Å². The molecule has 2 aromatic carbocycles. The zero-order valence-electron chi connectivity index (χ0n) is 16.9. The Morgan fingerprint density at radius 2 is 1.66 bits per heavy atom. The molecule has 1 aliphatic carbocycles. The van der Waals surface area contributed by atoms with E-state index in [-0.39, 0.29) is 6.03 Å². The molecule has 2 amide bonds. The zero-order chi connectivity index (χ0) is 19.7. The first-order valence-corrected chi connectivity index (χ1v) is 10.8. The number of carbonyl (C=O) groups is 1. The van der Waals surface area contributed by atoms with E-state index < -0.39 is 0 Å². The molecule has 0 bridgehead atoms. The molecule has 5 heteroatoms. The third-order valence-electron chi connectivity index (χ3n) is 6.77. The lowest BCUT2D eigenvalue weighted by molar-refractivity contribution is 0.155. The Bertz CT molecular complexity index is 830. The van der Waals surface area contributed by atoms with Gasteiger partial charge in [-0.25, -0.2) is 4.79 Å². The Labute approximate surface area is 173 Å². The number of amides is 2. The van der Waals surface area contributed by atoms with Gasteiger partial charge in [-0.05, 0) is 48.9 Å². The summed E-state index contributed by atoms with van der Waals surface area (Å²) in [5, 5.41) is 6.09. The first-order valence-electron chi connectivity index (χ1n) is 10.8. The Hall–Kier alpha value is -2.53. The summed E-state index contributed by atoms with van der Waals surface area (Å²) in [4.78, 5) is 17.5. The van der Waals surface area contributed by atoms with Gasteiger partial charge < -0.3 is 20.4 Å². The highest BCUT2D eigenvalue weighted by Gasteiger charge is 2.54. The summed E-state index contributed by atoms with van der Waals surface area (Å²) >= 11 is 0. The molecule has 29 heavy (non-hydrogen) atoms. The Morgan fingerprint density at radius 3 is 2.34 bits per heavy atom. The normalized spacial score (nSPS) is 23.0. The number of anilines is 2. The van der Waals surface area contributed by atoms with Gasteiger partial charge in [0, 0.05) is 56.1 Å². The number of likely N-dealkylation sites (tertiary alicyclic amines) is 1. The second kappa shape index (κ2) is 7.71. The van der Waals surface area contributed by atoms with Crippen LogP contribution in [0.2, 0.25) is 0 Å². The smallest absolute Gasteiger partial charge is 0.319 e. The minimum atomic E-state index is -0.105. The van der Waals surface area contributed by atoms with Crippen molar-refractivity contribution in [2.75, 3.05) is 49.5 Å². The average molecular weight is 391 g/mol. The van der Waals surface area contributed by atoms with Crippen LogP contribution in [0, 0.1) is 17.3 Å². The topological polar surface area (TPSA) is 47.6 Å². The molecule has 2 N–H and O–H groups in total. The maximum absolute atomic E-state index is 12.4. The first kappa shape index (κ1) is 18.5. The lowest BCUT2D eigenvalue weighted by atomic mass is 9.71. The van der Waals surface area contributed by atoms with E-state index in [0.29, 0.717) is 11.3 Å². The van der Waals surface area contributed by atoms with Crippen LogP contribution < -0.4 is 15.5 Å². The average Bonchev–Trinajstić information content (AvgIpc) is 3.45. The van der Waals surface area contributed by atoms with Crippen molar-refractivity contribution in [2.24, 2.45) is 17.3 Å². The van der Waals surface area contributed by atoms with Gasteiger partial charge in [0.25, 0.3) is 0 Å². The monoisotopic (exact) mass is 390 g/mol. The van der Waals surface area contributed by atoms with Gasteiger partial charge in [-0.15, -0.1) is 0 Å². The van der Waals surface area contributed by atoms with Crippen LogP contribution in [-0.4, -0.2) is 50.2 Å². The van der Waals surface area contributed by atoms with Crippen molar-refractivity contribution in [3.63, 3.8) is 0 Å². The summed E-state index contributed by atoms with van der Waals surface area (Å²) in [5.41, 5.74) is 2.44. The fourth-order valence-electron chi connectivity index (χ4n) is 5.04. The van der Waals surface area contributed by atoms with Crippen molar-refractivity contribution in [3.05, 3.63) is 60.7 Å². The quantitative estimate of drug-likeness (QED) is 0.791. The minimum absolute atomic E-state index is 0.105. The maximum Gasteiger partial charge on any atom is 0.319 e. The molecule has 1 spiro atoms. The molecule has 2 aromatic rings. The van der Waals surface area contributed by atoms with Gasteiger partial charge in [0.15, 0.2) is 0 Å². The number of carbonyl (C=O) groups excluding carboxylic acids is 1. The summed E-state index contributed by atoms with van der Waals surface area (Å²) in [6.45, 7) is 6.42. The molecule has 0 aromatic heterocycles. The van der Waals surface area contributed by atoms with E-state index in [0.717, 1.165) is 37.8 Å². The van der Waals surface area contributed by atoms with Crippen molar-refractivity contribution in [3.8, 4) is 0 Å². The molecule has 2 saturated heterocycles. The lowest BCUT2D eigenvalue weighted by Crippen LogP contribution is -2.62. The summed E-state index contributed by atoms with van der Waals surface area (Å²) in [6.07, 6.45) is 2.78. The molecule has 0 radical (unpaired) electrons. The van der Waals surface area contributed by atoms with E-state index in [1.54, 1.807) is 0 Å². The Balaban J connectivity index is 1.21. The van der Waals surface area contributed by atoms with Gasteiger partial charge in [-0.3, -0.25) is 0 Å². The van der Waals surface area contributed by atoms with Crippen LogP contribution in [0.15, 0.2) is 60.7 Å². The number of nitrogens with one attached hydrogen (secondary N) is 2. The lowest BCUT2D eigenvalue weighted by Gasteiger charge is -2.52. The number of para-hydroxylation sites is 2. The largest absolute Gasteiger partial charge is 0.370 e. The van der Waals surface area contributed by atoms with Gasteiger partial charge in [-0.2, -0.15) is 0 Å².